The number of hydrogen-bond acceptors (Lipinski definition) is 4. The maximum atomic E-state index is 14.3. The first kappa shape index (κ1) is 23.9. The van der Waals surface area contributed by atoms with E-state index in [0.717, 1.165) is 45.1 Å². The number of carbonyl (C=O) groups excluding carboxylic acids is 2. The van der Waals surface area contributed by atoms with Crippen molar-refractivity contribution in [2.45, 2.75) is 20.4 Å². The Morgan fingerprint density at radius 2 is 1.78 bits per heavy atom. The number of imide groups is 1. The van der Waals surface area contributed by atoms with Gasteiger partial charge in [-0.15, -0.1) is 0 Å². The van der Waals surface area contributed by atoms with Crippen LogP contribution in [0.15, 0.2) is 77.8 Å². The monoisotopic (exact) mass is 500 g/mol. The molecule has 0 spiro atoms. The first-order valence-electron chi connectivity index (χ1n) is 11.7. The molecule has 1 aliphatic heterocycles. The average Bonchev–Trinajstić information content (AvgIpc) is 3.34. The summed E-state index contributed by atoms with van der Waals surface area (Å²) in [6, 6.07) is 20.4. The quantitative estimate of drug-likeness (QED) is 0.270. The van der Waals surface area contributed by atoms with E-state index in [1.807, 2.05) is 73.1 Å². The molecule has 0 unspecified atom stereocenters. The summed E-state index contributed by atoms with van der Waals surface area (Å²) in [5.74, 6) is 0.154. The number of fused-ring (bicyclic) bond motifs is 1. The molecule has 2 amide bonds. The molecular formula is C29H25FN2O3S. The summed E-state index contributed by atoms with van der Waals surface area (Å²) in [6.07, 6.45) is 3.64. The number of thioether (sulfide) groups is 1. The van der Waals surface area contributed by atoms with E-state index in [1.165, 1.54) is 11.0 Å². The number of carbonyl (C=O) groups is 2. The average molecular weight is 501 g/mol. The minimum Gasteiger partial charge on any atom is -0.491 e. The van der Waals surface area contributed by atoms with E-state index in [0.29, 0.717) is 17.0 Å². The van der Waals surface area contributed by atoms with Gasteiger partial charge in [-0.2, -0.15) is 0 Å². The Morgan fingerprint density at radius 1 is 1.00 bits per heavy atom. The molecule has 36 heavy (non-hydrogen) atoms. The number of halogens is 1. The topological polar surface area (TPSA) is 51.5 Å². The second-order valence-electron chi connectivity index (χ2n) is 8.77. The molecule has 0 radical (unpaired) electrons. The third-order valence-corrected chi connectivity index (χ3v) is 7.10. The second kappa shape index (κ2) is 10.0. The van der Waals surface area contributed by atoms with Crippen molar-refractivity contribution in [2.75, 3.05) is 13.2 Å². The Balaban J connectivity index is 1.35. The molecule has 182 valence electrons. The van der Waals surface area contributed by atoms with E-state index in [2.05, 4.69) is 0 Å². The fourth-order valence-corrected chi connectivity index (χ4v) is 5.13. The number of aryl methyl sites for hydroxylation is 2. The number of benzene rings is 3. The maximum Gasteiger partial charge on any atom is 0.293 e. The number of ether oxygens (including phenoxy) is 1. The third-order valence-electron chi connectivity index (χ3n) is 6.19. The van der Waals surface area contributed by atoms with Gasteiger partial charge in [0.15, 0.2) is 0 Å². The standard InChI is InChI=1S/C29H25FN2O3S/c1-19-11-12-20(2)26(15-19)35-14-13-32-28(33)27(36-29(32)34)16-22-18-31(25-10-6-4-8-23(22)25)17-21-7-3-5-9-24(21)30/h3-12,15-16,18H,13-14,17H2,1-2H3/b27-16-. The Bertz CT molecular complexity index is 1510. The van der Waals surface area contributed by atoms with Gasteiger partial charge in [0.25, 0.3) is 11.1 Å². The van der Waals surface area contributed by atoms with Crippen LogP contribution in [0.3, 0.4) is 0 Å². The van der Waals surface area contributed by atoms with Gasteiger partial charge in [0.05, 0.1) is 18.0 Å². The van der Waals surface area contributed by atoms with Crippen LogP contribution in [0.2, 0.25) is 0 Å². The van der Waals surface area contributed by atoms with Gasteiger partial charge in [0.1, 0.15) is 18.2 Å². The highest BCUT2D eigenvalue weighted by Gasteiger charge is 2.35. The summed E-state index contributed by atoms with van der Waals surface area (Å²) >= 11 is 0.926. The molecular weight excluding hydrogens is 475 g/mol. The van der Waals surface area contributed by atoms with E-state index in [-0.39, 0.29) is 30.1 Å². The van der Waals surface area contributed by atoms with Crippen LogP contribution in [-0.4, -0.2) is 33.8 Å². The van der Waals surface area contributed by atoms with Crippen LogP contribution in [0.5, 0.6) is 5.75 Å². The van der Waals surface area contributed by atoms with Gasteiger partial charge in [-0.3, -0.25) is 14.5 Å². The molecule has 0 atom stereocenters. The molecule has 5 rings (SSSR count). The molecule has 0 N–H and O–H groups in total. The number of aromatic nitrogens is 1. The van der Waals surface area contributed by atoms with Crippen LogP contribution in [-0.2, 0) is 11.3 Å². The summed E-state index contributed by atoms with van der Waals surface area (Å²) in [5.41, 5.74) is 4.39. The Kier molecular flexibility index (Phi) is 6.65. The molecule has 5 nitrogen and oxygen atoms in total. The molecule has 0 saturated carbocycles. The van der Waals surface area contributed by atoms with Crippen LogP contribution in [0.4, 0.5) is 9.18 Å². The molecule has 1 fully saturated rings. The van der Waals surface area contributed by atoms with Crippen LogP contribution in [0, 0.1) is 19.7 Å². The van der Waals surface area contributed by atoms with Crippen molar-refractivity contribution in [3.05, 3.63) is 106 Å². The van der Waals surface area contributed by atoms with Crippen LogP contribution in [0.25, 0.3) is 17.0 Å². The molecule has 4 aromatic rings. The number of rotatable bonds is 7. The van der Waals surface area contributed by atoms with Crippen molar-refractivity contribution >= 4 is 39.9 Å². The van der Waals surface area contributed by atoms with Crippen molar-refractivity contribution in [1.82, 2.24) is 9.47 Å². The van der Waals surface area contributed by atoms with Gasteiger partial charge >= 0.3 is 0 Å². The minimum atomic E-state index is -0.333. The highest BCUT2D eigenvalue weighted by Crippen LogP contribution is 2.34. The zero-order chi connectivity index (χ0) is 25.2. The summed E-state index contributed by atoms with van der Waals surface area (Å²) in [7, 11) is 0. The van der Waals surface area contributed by atoms with E-state index in [9.17, 15) is 14.0 Å². The summed E-state index contributed by atoms with van der Waals surface area (Å²) in [5, 5.41) is 0.616. The molecule has 3 aromatic carbocycles. The fourth-order valence-electron chi connectivity index (χ4n) is 4.27. The lowest BCUT2D eigenvalue weighted by Gasteiger charge is -2.14. The predicted molar refractivity (Wildman–Crippen MR) is 142 cm³/mol. The molecule has 7 heteroatoms. The van der Waals surface area contributed by atoms with Crippen LogP contribution >= 0.6 is 11.8 Å². The maximum absolute atomic E-state index is 14.3. The molecule has 0 aliphatic carbocycles. The van der Waals surface area contributed by atoms with Crippen molar-refractivity contribution in [1.29, 1.82) is 0 Å². The van der Waals surface area contributed by atoms with Gasteiger partial charge in [0.2, 0.25) is 0 Å². The van der Waals surface area contributed by atoms with Gasteiger partial charge in [-0.25, -0.2) is 4.39 Å². The first-order chi connectivity index (χ1) is 17.4. The van der Waals surface area contributed by atoms with E-state index in [4.69, 9.17) is 4.74 Å². The van der Waals surface area contributed by atoms with Crippen molar-refractivity contribution in [3.8, 4) is 5.75 Å². The number of para-hydroxylation sites is 1. The number of hydrogen-bond donors (Lipinski definition) is 0. The van der Waals surface area contributed by atoms with Gasteiger partial charge < -0.3 is 9.30 Å². The normalized spacial score (nSPS) is 14.9. The summed E-state index contributed by atoms with van der Waals surface area (Å²) < 4.78 is 22.1. The van der Waals surface area contributed by atoms with Crippen molar-refractivity contribution in [3.63, 3.8) is 0 Å². The molecule has 1 saturated heterocycles. The Hall–Kier alpha value is -3.84. The lowest BCUT2D eigenvalue weighted by Crippen LogP contribution is -2.32. The zero-order valence-corrected chi connectivity index (χ0v) is 20.8. The molecule has 1 aromatic heterocycles. The van der Waals surface area contributed by atoms with E-state index >= 15 is 0 Å². The van der Waals surface area contributed by atoms with Crippen molar-refractivity contribution in [2.24, 2.45) is 0 Å². The molecule has 2 heterocycles. The SMILES string of the molecule is Cc1ccc(C)c(OCCN2C(=O)S/C(=C\c3cn(Cc4ccccc4F)c4ccccc34)C2=O)c1. The zero-order valence-electron chi connectivity index (χ0n) is 20.0. The van der Waals surface area contributed by atoms with Gasteiger partial charge in [-0.05, 0) is 61.0 Å². The van der Waals surface area contributed by atoms with Crippen molar-refractivity contribution < 1.29 is 18.7 Å². The lowest BCUT2D eigenvalue weighted by molar-refractivity contribution is -0.123. The minimum absolute atomic E-state index is 0.171. The third kappa shape index (κ3) is 4.79. The van der Waals surface area contributed by atoms with Gasteiger partial charge in [-0.1, -0.05) is 48.5 Å². The Morgan fingerprint density at radius 3 is 2.61 bits per heavy atom. The fraction of sp³-hybridized carbons (Fsp3) is 0.172. The second-order valence-corrected chi connectivity index (χ2v) is 9.76. The first-order valence-corrected chi connectivity index (χ1v) is 12.5. The molecule has 1 aliphatic rings. The van der Waals surface area contributed by atoms with E-state index < -0.39 is 0 Å². The summed E-state index contributed by atoms with van der Waals surface area (Å²) in [4.78, 5) is 27.3. The highest BCUT2D eigenvalue weighted by atomic mass is 32.2. The number of amides is 2. The van der Waals surface area contributed by atoms with Crippen LogP contribution in [0.1, 0.15) is 22.3 Å². The Labute approximate surface area is 213 Å². The van der Waals surface area contributed by atoms with Gasteiger partial charge in [0, 0.05) is 28.2 Å². The largest absolute Gasteiger partial charge is 0.491 e. The van der Waals surface area contributed by atoms with E-state index in [1.54, 1.807) is 18.2 Å². The lowest BCUT2D eigenvalue weighted by atomic mass is 10.1. The smallest absolute Gasteiger partial charge is 0.293 e. The predicted octanol–water partition coefficient (Wildman–Crippen LogP) is 6.56. The number of nitrogens with zero attached hydrogens (tertiary/aromatic N) is 2. The molecule has 0 bridgehead atoms. The highest BCUT2D eigenvalue weighted by molar-refractivity contribution is 8.18. The summed E-state index contributed by atoms with van der Waals surface area (Å²) in [6.45, 7) is 4.70. The van der Waals surface area contributed by atoms with Crippen LogP contribution < -0.4 is 4.74 Å².